The molecule has 16 heavy (non-hydrogen) atoms. The second-order valence-corrected chi connectivity index (χ2v) is 2.98. The van der Waals surface area contributed by atoms with E-state index in [1.165, 1.54) is 0 Å². The van der Waals surface area contributed by atoms with Crippen molar-refractivity contribution in [2.45, 2.75) is 6.92 Å². The van der Waals surface area contributed by atoms with E-state index in [1.54, 1.807) is 0 Å². The Morgan fingerprint density at radius 1 is 1.06 bits per heavy atom. The van der Waals surface area contributed by atoms with Crippen LogP contribution in [0.4, 0.5) is 0 Å². The first-order valence-electron chi connectivity index (χ1n) is 5.51. The number of carbonyl (C=O) groups excluding carboxylic acids is 1. The Morgan fingerprint density at radius 2 is 1.62 bits per heavy atom. The molecular weight excluding hydrogens is 212 g/mol. The van der Waals surface area contributed by atoms with Gasteiger partial charge >= 0.3 is 0 Å². The number of rotatable bonds is 11. The summed E-state index contributed by atoms with van der Waals surface area (Å²) in [6, 6.07) is 0. The van der Waals surface area contributed by atoms with Crippen LogP contribution in [-0.4, -0.2) is 58.6 Å². The first-order chi connectivity index (χ1) is 7.81. The Kier molecular flexibility index (Phi) is 11.8. The summed E-state index contributed by atoms with van der Waals surface area (Å²) < 4.78 is 15.5. The van der Waals surface area contributed by atoms with Crippen molar-refractivity contribution in [3.05, 3.63) is 0 Å². The highest BCUT2D eigenvalue weighted by Crippen LogP contribution is 1.80. The summed E-state index contributed by atoms with van der Waals surface area (Å²) in [4.78, 5) is 10.7. The Hall–Kier alpha value is -0.690. The molecule has 0 radical (unpaired) electrons. The van der Waals surface area contributed by atoms with Crippen LogP contribution >= 0.6 is 0 Å². The van der Waals surface area contributed by atoms with Gasteiger partial charge in [0.25, 0.3) is 0 Å². The standard InChI is InChI=1S/C10H22N2O4/c1-2-14-5-6-16-8-7-15-4-3-12-10(13)9-11/h2-9,11H2,1H3,(H,12,13). The van der Waals surface area contributed by atoms with Gasteiger partial charge in [0, 0.05) is 13.2 Å². The van der Waals surface area contributed by atoms with Crippen LogP contribution in [0.25, 0.3) is 0 Å². The third kappa shape index (κ3) is 11.4. The van der Waals surface area contributed by atoms with Crippen molar-refractivity contribution < 1.29 is 19.0 Å². The van der Waals surface area contributed by atoms with Gasteiger partial charge in [-0.15, -0.1) is 0 Å². The highest BCUT2D eigenvalue weighted by molar-refractivity contribution is 5.77. The summed E-state index contributed by atoms with van der Waals surface area (Å²) >= 11 is 0. The van der Waals surface area contributed by atoms with Crippen molar-refractivity contribution in [3.63, 3.8) is 0 Å². The molecule has 0 bridgehead atoms. The third-order valence-corrected chi connectivity index (χ3v) is 1.70. The van der Waals surface area contributed by atoms with Gasteiger partial charge in [-0.2, -0.15) is 0 Å². The van der Waals surface area contributed by atoms with E-state index >= 15 is 0 Å². The van der Waals surface area contributed by atoms with E-state index in [2.05, 4.69) is 5.32 Å². The van der Waals surface area contributed by atoms with Gasteiger partial charge in [0.2, 0.25) is 5.91 Å². The normalized spacial score (nSPS) is 10.4. The summed E-state index contributed by atoms with van der Waals surface area (Å²) in [5.74, 6) is -0.170. The number of carbonyl (C=O) groups is 1. The lowest BCUT2D eigenvalue weighted by Crippen LogP contribution is -2.32. The molecule has 96 valence electrons. The summed E-state index contributed by atoms with van der Waals surface area (Å²) in [5, 5.41) is 2.60. The summed E-state index contributed by atoms with van der Waals surface area (Å²) in [6.45, 7) is 5.88. The molecule has 0 unspecified atom stereocenters. The smallest absolute Gasteiger partial charge is 0.233 e. The minimum atomic E-state index is -0.170. The molecule has 0 aromatic rings. The Balaban J connectivity index is 2.96. The zero-order valence-electron chi connectivity index (χ0n) is 9.87. The molecule has 0 saturated heterocycles. The molecule has 3 N–H and O–H groups in total. The monoisotopic (exact) mass is 234 g/mol. The molecule has 0 rings (SSSR count). The molecule has 0 saturated carbocycles. The molecule has 0 aliphatic carbocycles. The van der Waals surface area contributed by atoms with Gasteiger partial charge in [0.05, 0.1) is 39.6 Å². The fourth-order valence-corrected chi connectivity index (χ4v) is 0.919. The van der Waals surface area contributed by atoms with E-state index < -0.39 is 0 Å². The van der Waals surface area contributed by atoms with E-state index in [0.29, 0.717) is 46.2 Å². The predicted molar refractivity (Wildman–Crippen MR) is 60.2 cm³/mol. The number of hydrogen-bond donors (Lipinski definition) is 2. The quantitative estimate of drug-likeness (QED) is 0.454. The van der Waals surface area contributed by atoms with Crippen LogP contribution in [0, 0.1) is 0 Å². The fraction of sp³-hybridized carbons (Fsp3) is 0.900. The molecule has 0 fully saturated rings. The lowest BCUT2D eigenvalue weighted by Gasteiger charge is -2.06. The fourth-order valence-electron chi connectivity index (χ4n) is 0.919. The molecular formula is C10H22N2O4. The third-order valence-electron chi connectivity index (χ3n) is 1.70. The average Bonchev–Trinajstić information content (AvgIpc) is 2.31. The second kappa shape index (κ2) is 12.4. The molecule has 0 aromatic carbocycles. The van der Waals surface area contributed by atoms with Gasteiger partial charge in [0.1, 0.15) is 0 Å². The number of nitrogens with one attached hydrogen (secondary N) is 1. The van der Waals surface area contributed by atoms with Gasteiger partial charge < -0.3 is 25.3 Å². The van der Waals surface area contributed by atoms with E-state index in [0.717, 1.165) is 0 Å². The van der Waals surface area contributed by atoms with Gasteiger partial charge in [-0.05, 0) is 6.92 Å². The largest absolute Gasteiger partial charge is 0.379 e. The predicted octanol–water partition coefficient (Wildman–Crippen LogP) is -0.869. The topological polar surface area (TPSA) is 82.8 Å². The molecule has 0 aliphatic heterocycles. The zero-order valence-corrected chi connectivity index (χ0v) is 9.87. The molecule has 0 spiro atoms. The van der Waals surface area contributed by atoms with Crippen LogP contribution in [0.2, 0.25) is 0 Å². The van der Waals surface area contributed by atoms with E-state index in [1.807, 2.05) is 6.92 Å². The lowest BCUT2D eigenvalue weighted by atomic mass is 10.5. The van der Waals surface area contributed by atoms with Crippen molar-refractivity contribution in [1.82, 2.24) is 5.32 Å². The molecule has 1 amide bonds. The maximum Gasteiger partial charge on any atom is 0.233 e. The maximum absolute atomic E-state index is 10.7. The van der Waals surface area contributed by atoms with Crippen LogP contribution in [0.15, 0.2) is 0 Å². The molecule has 0 heterocycles. The average molecular weight is 234 g/mol. The van der Waals surface area contributed by atoms with Crippen molar-refractivity contribution in [2.24, 2.45) is 5.73 Å². The summed E-state index contributed by atoms with van der Waals surface area (Å²) in [7, 11) is 0. The van der Waals surface area contributed by atoms with Gasteiger partial charge in [0.15, 0.2) is 0 Å². The molecule has 6 nitrogen and oxygen atoms in total. The van der Waals surface area contributed by atoms with Crippen molar-refractivity contribution in [2.75, 3.05) is 52.7 Å². The second-order valence-electron chi connectivity index (χ2n) is 2.98. The number of ether oxygens (including phenoxy) is 3. The van der Waals surface area contributed by atoms with Crippen LogP contribution < -0.4 is 11.1 Å². The summed E-state index contributed by atoms with van der Waals surface area (Å²) in [6.07, 6.45) is 0. The van der Waals surface area contributed by atoms with Crippen LogP contribution in [0.3, 0.4) is 0 Å². The number of amides is 1. The van der Waals surface area contributed by atoms with Gasteiger partial charge in [-0.3, -0.25) is 4.79 Å². The molecule has 6 heteroatoms. The van der Waals surface area contributed by atoms with Crippen molar-refractivity contribution in [3.8, 4) is 0 Å². The number of hydrogen-bond acceptors (Lipinski definition) is 5. The Labute approximate surface area is 96.4 Å². The first-order valence-corrected chi connectivity index (χ1v) is 5.51. The first kappa shape index (κ1) is 15.3. The minimum absolute atomic E-state index is 0.0144. The highest BCUT2D eigenvalue weighted by Gasteiger charge is 1.95. The van der Waals surface area contributed by atoms with Crippen LogP contribution in [0.1, 0.15) is 6.92 Å². The minimum Gasteiger partial charge on any atom is -0.379 e. The van der Waals surface area contributed by atoms with Crippen LogP contribution in [-0.2, 0) is 19.0 Å². The Morgan fingerprint density at radius 3 is 2.19 bits per heavy atom. The van der Waals surface area contributed by atoms with Gasteiger partial charge in [-0.25, -0.2) is 0 Å². The summed E-state index contributed by atoms with van der Waals surface area (Å²) in [5.41, 5.74) is 5.11. The Bertz CT molecular complexity index is 167. The van der Waals surface area contributed by atoms with E-state index in [9.17, 15) is 4.79 Å². The highest BCUT2D eigenvalue weighted by atomic mass is 16.5. The van der Waals surface area contributed by atoms with Gasteiger partial charge in [-0.1, -0.05) is 0 Å². The van der Waals surface area contributed by atoms with Crippen molar-refractivity contribution >= 4 is 5.91 Å². The van der Waals surface area contributed by atoms with Crippen LogP contribution in [0.5, 0.6) is 0 Å². The zero-order chi connectivity index (χ0) is 12.1. The van der Waals surface area contributed by atoms with E-state index in [-0.39, 0.29) is 12.5 Å². The number of nitrogens with two attached hydrogens (primary N) is 1. The molecule has 0 aliphatic rings. The SMILES string of the molecule is CCOCCOCCOCCNC(=O)CN. The van der Waals surface area contributed by atoms with Crippen molar-refractivity contribution in [1.29, 1.82) is 0 Å². The maximum atomic E-state index is 10.7. The molecule has 0 aromatic heterocycles. The van der Waals surface area contributed by atoms with E-state index in [4.69, 9.17) is 19.9 Å². The lowest BCUT2D eigenvalue weighted by molar-refractivity contribution is -0.120. The molecule has 0 atom stereocenters.